The van der Waals surface area contributed by atoms with Gasteiger partial charge in [0.2, 0.25) is 0 Å². The van der Waals surface area contributed by atoms with Crippen LogP contribution in [0.4, 0.5) is 0 Å². The van der Waals surface area contributed by atoms with Crippen LogP contribution in [0.2, 0.25) is 0 Å². The van der Waals surface area contributed by atoms with Crippen molar-refractivity contribution in [1.82, 2.24) is 4.57 Å². The number of pyridine rings is 1. The fourth-order valence-corrected chi connectivity index (χ4v) is 2.57. The molecular formula is C18H17NO3. The molecule has 4 heteroatoms. The lowest BCUT2D eigenvalue weighted by Gasteiger charge is -2.11. The zero-order valence-corrected chi connectivity index (χ0v) is 12.8. The highest BCUT2D eigenvalue weighted by Gasteiger charge is 2.10. The smallest absolute Gasteiger partial charge is 0.197 e. The summed E-state index contributed by atoms with van der Waals surface area (Å²) in [7, 11) is 5.15. The van der Waals surface area contributed by atoms with E-state index in [9.17, 15) is 4.79 Å². The maximum atomic E-state index is 12.8. The highest BCUT2D eigenvalue weighted by molar-refractivity contribution is 5.85. The Labute approximate surface area is 128 Å². The predicted octanol–water partition coefficient (Wildman–Crippen LogP) is 3.22. The number of aryl methyl sites for hydroxylation is 1. The first kappa shape index (κ1) is 14.2. The van der Waals surface area contributed by atoms with Gasteiger partial charge < -0.3 is 14.0 Å². The van der Waals surface area contributed by atoms with Crippen LogP contribution in [-0.4, -0.2) is 18.8 Å². The van der Waals surface area contributed by atoms with Crippen molar-refractivity contribution in [2.75, 3.05) is 14.2 Å². The molecule has 1 aromatic heterocycles. The van der Waals surface area contributed by atoms with E-state index in [4.69, 9.17) is 9.47 Å². The van der Waals surface area contributed by atoms with E-state index in [-0.39, 0.29) is 5.43 Å². The van der Waals surface area contributed by atoms with E-state index in [1.54, 1.807) is 20.3 Å². The molecule has 0 N–H and O–H groups in total. The number of rotatable bonds is 3. The fraction of sp³-hybridized carbons (Fsp3) is 0.167. The van der Waals surface area contributed by atoms with Crippen LogP contribution in [-0.2, 0) is 7.05 Å². The molecule has 0 unspecified atom stereocenters. The minimum Gasteiger partial charge on any atom is -0.497 e. The number of hydrogen-bond acceptors (Lipinski definition) is 3. The van der Waals surface area contributed by atoms with Gasteiger partial charge in [-0.15, -0.1) is 0 Å². The molecule has 22 heavy (non-hydrogen) atoms. The molecule has 1 heterocycles. The topological polar surface area (TPSA) is 40.5 Å². The van der Waals surface area contributed by atoms with Gasteiger partial charge in [0.15, 0.2) is 5.43 Å². The zero-order valence-electron chi connectivity index (χ0n) is 12.8. The molecule has 0 fully saturated rings. The molecule has 0 radical (unpaired) electrons. The lowest BCUT2D eigenvalue weighted by molar-refractivity contribution is 0.415. The first-order valence-corrected chi connectivity index (χ1v) is 6.96. The van der Waals surface area contributed by atoms with E-state index in [2.05, 4.69) is 0 Å². The van der Waals surface area contributed by atoms with Gasteiger partial charge in [0.1, 0.15) is 11.5 Å². The van der Waals surface area contributed by atoms with Crippen LogP contribution in [0, 0.1) is 0 Å². The monoisotopic (exact) mass is 295 g/mol. The van der Waals surface area contributed by atoms with Crippen LogP contribution in [0.5, 0.6) is 11.5 Å². The highest BCUT2D eigenvalue weighted by Crippen LogP contribution is 2.24. The first-order chi connectivity index (χ1) is 10.6. The predicted molar refractivity (Wildman–Crippen MR) is 87.7 cm³/mol. The van der Waals surface area contributed by atoms with Gasteiger partial charge in [0.05, 0.1) is 19.7 Å². The second-order valence-corrected chi connectivity index (χ2v) is 5.09. The van der Waals surface area contributed by atoms with Crippen molar-refractivity contribution in [3.63, 3.8) is 0 Å². The molecule has 2 aromatic carbocycles. The van der Waals surface area contributed by atoms with Gasteiger partial charge in [-0.05, 0) is 35.9 Å². The lowest BCUT2D eigenvalue weighted by atomic mass is 10.0. The summed E-state index contributed by atoms with van der Waals surface area (Å²) in [6.45, 7) is 0. The average Bonchev–Trinajstić information content (AvgIpc) is 2.57. The van der Waals surface area contributed by atoms with Gasteiger partial charge in [-0.2, -0.15) is 0 Å². The number of fused-ring (bicyclic) bond motifs is 1. The summed E-state index contributed by atoms with van der Waals surface area (Å²) in [5.74, 6) is 1.44. The Bertz CT molecular complexity index is 879. The minimum atomic E-state index is -0.00262. The highest BCUT2D eigenvalue weighted by atomic mass is 16.5. The van der Waals surface area contributed by atoms with E-state index in [1.165, 1.54) is 0 Å². The average molecular weight is 295 g/mol. The van der Waals surface area contributed by atoms with Crippen LogP contribution in [0.15, 0.2) is 53.5 Å². The molecule has 0 atom stereocenters. The Kier molecular flexibility index (Phi) is 3.59. The van der Waals surface area contributed by atoms with Crippen molar-refractivity contribution in [3.05, 3.63) is 58.9 Å². The van der Waals surface area contributed by atoms with Crippen LogP contribution < -0.4 is 14.9 Å². The van der Waals surface area contributed by atoms with Crippen molar-refractivity contribution < 1.29 is 9.47 Å². The SMILES string of the molecule is COc1ccc(-c2cn(C)c3ccc(OC)cc3c2=O)cc1. The van der Waals surface area contributed by atoms with Crippen LogP contribution in [0.3, 0.4) is 0 Å². The molecule has 0 amide bonds. The number of aromatic nitrogens is 1. The van der Waals surface area contributed by atoms with Crippen LogP contribution in [0.25, 0.3) is 22.0 Å². The maximum absolute atomic E-state index is 12.8. The Morgan fingerprint density at radius 1 is 0.909 bits per heavy atom. The van der Waals surface area contributed by atoms with Crippen molar-refractivity contribution >= 4 is 10.9 Å². The second kappa shape index (κ2) is 5.56. The number of benzene rings is 2. The van der Waals surface area contributed by atoms with E-state index in [1.807, 2.05) is 54.2 Å². The summed E-state index contributed by atoms with van der Waals surface area (Å²) in [6, 6.07) is 13.0. The third-order valence-electron chi connectivity index (χ3n) is 3.80. The molecule has 0 aliphatic heterocycles. The van der Waals surface area contributed by atoms with Crippen molar-refractivity contribution in [3.8, 4) is 22.6 Å². The third-order valence-corrected chi connectivity index (χ3v) is 3.80. The van der Waals surface area contributed by atoms with E-state index in [0.717, 1.165) is 16.8 Å². The van der Waals surface area contributed by atoms with Gasteiger partial charge in [-0.1, -0.05) is 12.1 Å². The van der Waals surface area contributed by atoms with Crippen molar-refractivity contribution in [1.29, 1.82) is 0 Å². The molecule has 0 saturated heterocycles. The molecular weight excluding hydrogens is 278 g/mol. The van der Waals surface area contributed by atoms with Crippen molar-refractivity contribution in [2.45, 2.75) is 0 Å². The second-order valence-electron chi connectivity index (χ2n) is 5.09. The van der Waals surface area contributed by atoms with Crippen LogP contribution >= 0.6 is 0 Å². The number of ether oxygens (including phenoxy) is 2. The first-order valence-electron chi connectivity index (χ1n) is 6.96. The lowest BCUT2D eigenvalue weighted by Crippen LogP contribution is -2.10. The molecule has 0 saturated carbocycles. The molecule has 3 aromatic rings. The summed E-state index contributed by atoms with van der Waals surface area (Å²) >= 11 is 0. The Hall–Kier alpha value is -2.75. The molecule has 0 aliphatic carbocycles. The summed E-state index contributed by atoms with van der Waals surface area (Å²) < 4.78 is 12.3. The zero-order chi connectivity index (χ0) is 15.7. The van der Waals surface area contributed by atoms with Gasteiger partial charge in [-0.3, -0.25) is 4.79 Å². The van der Waals surface area contributed by atoms with Crippen LogP contribution in [0.1, 0.15) is 0 Å². The van der Waals surface area contributed by atoms with E-state index < -0.39 is 0 Å². The Morgan fingerprint density at radius 3 is 2.18 bits per heavy atom. The number of nitrogens with zero attached hydrogens (tertiary/aromatic N) is 1. The standard InChI is InChI=1S/C18H17NO3/c1-19-11-16(12-4-6-13(21-2)7-5-12)18(20)15-10-14(22-3)8-9-17(15)19/h4-11H,1-3H3. The fourth-order valence-electron chi connectivity index (χ4n) is 2.57. The summed E-state index contributed by atoms with van der Waals surface area (Å²) in [5.41, 5.74) is 2.40. The molecule has 112 valence electrons. The van der Waals surface area contributed by atoms with E-state index in [0.29, 0.717) is 16.7 Å². The largest absolute Gasteiger partial charge is 0.497 e. The quantitative estimate of drug-likeness (QED) is 0.745. The molecule has 3 rings (SSSR count). The van der Waals surface area contributed by atoms with Gasteiger partial charge in [0, 0.05) is 24.2 Å². The van der Waals surface area contributed by atoms with Gasteiger partial charge >= 0.3 is 0 Å². The summed E-state index contributed by atoms with van der Waals surface area (Å²) in [4.78, 5) is 12.8. The molecule has 0 bridgehead atoms. The molecule has 4 nitrogen and oxygen atoms in total. The van der Waals surface area contributed by atoms with E-state index >= 15 is 0 Å². The summed E-state index contributed by atoms with van der Waals surface area (Å²) in [5, 5.41) is 0.648. The Balaban J connectivity index is 2.25. The Morgan fingerprint density at radius 2 is 1.55 bits per heavy atom. The normalized spacial score (nSPS) is 10.7. The molecule has 0 aliphatic rings. The minimum absolute atomic E-state index is 0.00262. The van der Waals surface area contributed by atoms with Crippen molar-refractivity contribution in [2.24, 2.45) is 7.05 Å². The number of methoxy groups -OCH3 is 2. The maximum Gasteiger partial charge on any atom is 0.197 e. The summed E-state index contributed by atoms with van der Waals surface area (Å²) in [6.07, 6.45) is 1.86. The van der Waals surface area contributed by atoms with Gasteiger partial charge in [0.25, 0.3) is 0 Å². The number of hydrogen-bond donors (Lipinski definition) is 0. The molecule has 0 spiro atoms. The third kappa shape index (κ3) is 2.33. The van der Waals surface area contributed by atoms with Gasteiger partial charge in [-0.25, -0.2) is 0 Å².